The molecule has 0 spiro atoms. The van der Waals surface area contributed by atoms with E-state index in [4.69, 9.17) is 15.3 Å². The largest absolute Gasteiger partial charge is 0.568 e. The van der Waals surface area contributed by atoms with Crippen LogP contribution >= 0.6 is 47.8 Å². The second-order valence-electron chi connectivity index (χ2n) is 8.36. The number of halogens is 3. The van der Waals surface area contributed by atoms with E-state index in [9.17, 15) is 0 Å². The van der Waals surface area contributed by atoms with Crippen molar-refractivity contribution in [2.24, 2.45) is 0 Å². The fraction of sp³-hybridized carbons (Fsp3) is 0. The van der Waals surface area contributed by atoms with E-state index >= 15 is 0 Å². The molecule has 3 aromatic heterocycles. The van der Waals surface area contributed by atoms with Crippen LogP contribution in [0.5, 0.6) is 0 Å². The van der Waals surface area contributed by atoms with E-state index < -0.39 is 7.12 Å². The zero-order valence-electron chi connectivity index (χ0n) is 19.3. The molecule has 6 rings (SSSR count). The Morgan fingerprint density at radius 2 is 0.703 bits per heavy atom. The van der Waals surface area contributed by atoms with Crippen LogP contribution in [0.1, 0.15) is 0 Å². The molecule has 0 aliphatic carbocycles. The minimum atomic E-state index is -0.503. The maximum absolute atomic E-state index is 4.97. The van der Waals surface area contributed by atoms with Gasteiger partial charge in [0, 0.05) is 35.3 Å². The van der Waals surface area contributed by atoms with Crippen LogP contribution in [-0.2, 0) is 0 Å². The Morgan fingerprint density at radius 3 is 0.973 bits per heavy atom. The summed E-state index contributed by atoms with van der Waals surface area (Å²) in [5, 5.41) is 14.9. The van der Waals surface area contributed by atoms with Crippen molar-refractivity contribution >= 4 is 54.9 Å². The summed E-state index contributed by atoms with van der Waals surface area (Å²) in [4.78, 5) is 0. The molecule has 0 saturated carbocycles. The molecule has 0 saturated heterocycles. The lowest BCUT2D eigenvalue weighted by Crippen LogP contribution is -2.43. The third-order valence-corrected chi connectivity index (χ3v) is 7.65. The molecule has 0 atom stereocenters. The number of rotatable bonds is 6. The summed E-state index contributed by atoms with van der Waals surface area (Å²) in [6.07, 6.45) is 5.88. The molecule has 0 aliphatic rings. The van der Waals surface area contributed by atoms with Gasteiger partial charge in [0.25, 0.3) is 0 Å². The van der Waals surface area contributed by atoms with Crippen molar-refractivity contribution < 1.29 is 0 Å². The molecule has 3 aromatic carbocycles. The fourth-order valence-corrected chi connectivity index (χ4v) is 5.76. The van der Waals surface area contributed by atoms with Crippen LogP contribution in [0.15, 0.2) is 123 Å². The first kappa shape index (κ1) is 24.1. The molecule has 37 heavy (non-hydrogen) atoms. The minimum absolute atomic E-state index is 0.503. The first-order valence-electron chi connectivity index (χ1n) is 11.5. The lowest BCUT2D eigenvalue weighted by molar-refractivity contribution is 0.775. The zero-order valence-corrected chi connectivity index (χ0v) is 24.0. The lowest BCUT2D eigenvalue weighted by Gasteiger charge is -2.13. The average Bonchev–Trinajstić information content (AvgIpc) is 3.62. The Hall–Kier alpha value is -3.21. The lowest BCUT2D eigenvalue weighted by atomic mass is 9.96. The van der Waals surface area contributed by atoms with Gasteiger partial charge >= 0.3 is 7.12 Å². The summed E-state index contributed by atoms with van der Waals surface area (Å²) in [5.74, 6) is 0. The third-order valence-electron chi connectivity index (χ3n) is 5.91. The number of hydrogen-bond acceptors (Lipinski definition) is 3. The smallest absolute Gasteiger partial charge is 0.267 e. The highest BCUT2D eigenvalue weighted by Crippen LogP contribution is 2.31. The second-order valence-corrected chi connectivity index (χ2v) is 10.9. The van der Waals surface area contributed by atoms with Gasteiger partial charge in [-0.2, -0.15) is 15.3 Å². The van der Waals surface area contributed by atoms with Gasteiger partial charge in [0.1, 0.15) is 17.1 Å². The number of benzene rings is 3. The van der Waals surface area contributed by atoms with E-state index in [0.29, 0.717) is 0 Å². The van der Waals surface area contributed by atoms with Gasteiger partial charge in [0.05, 0.1) is 13.4 Å². The van der Waals surface area contributed by atoms with E-state index in [-0.39, 0.29) is 0 Å². The van der Waals surface area contributed by atoms with Gasteiger partial charge in [-0.05, 0) is 47.8 Å². The standard InChI is InChI=1S/C27H18BBr3N6/c29-22-16-35(32-25(22)19-10-4-1-5-11-19)28(36-17-23(30)26(33-36)20-12-6-2-7-13-20)37-18-24(31)27(34-37)21-14-8-3-9-15-21/h1-18H. The maximum atomic E-state index is 4.97. The Bertz CT molecular complexity index is 1460. The minimum Gasteiger partial charge on any atom is -0.267 e. The van der Waals surface area contributed by atoms with Crippen molar-refractivity contribution in [3.63, 3.8) is 0 Å². The van der Waals surface area contributed by atoms with E-state index in [1.807, 2.05) is 123 Å². The van der Waals surface area contributed by atoms with Gasteiger partial charge in [0.15, 0.2) is 0 Å². The summed E-state index contributed by atoms with van der Waals surface area (Å²) in [6, 6.07) is 30.3. The van der Waals surface area contributed by atoms with Gasteiger partial charge in [-0.15, -0.1) is 0 Å². The van der Waals surface area contributed by atoms with Crippen molar-refractivity contribution in [2.75, 3.05) is 0 Å². The highest BCUT2D eigenvalue weighted by atomic mass is 79.9. The predicted molar refractivity (Wildman–Crippen MR) is 158 cm³/mol. The highest BCUT2D eigenvalue weighted by molar-refractivity contribution is 9.11. The molecule has 6 nitrogen and oxygen atoms in total. The quantitative estimate of drug-likeness (QED) is 0.172. The third kappa shape index (κ3) is 4.76. The summed E-state index contributed by atoms with van der Waals surface area (Å²) < 4.78 is 8.26. The molecule has 180 valence electrons. The SMILES string of the molecule is Brc1cn(B(n2cc(Br)c(-c3ccccc3)n2)n2cc(Br)c(-c3ccccc3)n2)nc1-c1ccccc1. The van der Waals surface area contributed by atoms with Crippen molar-refractivity contribution in [2.45, 2.75) is 0 Å². The summed E-state index contributed by atoms with van der Waals surface area (Å²) in [7, 11) is -0.503. The number of hydrogen-bond donors (Lipinski definition) is 0. The van der Waals surface area contributed by atoms with E-state index in [0.717, 1.165) is 47.2 Å². The molecule has 10 heteroatoms. The average molecular weight is 677 g/mol. The fourth-order valence-electron chi connectivity index (χ4n) is 4.20. The second kappa shape index (κ2) is 10.3. The summed E-state index contributed by atoms with van der Waals surface area (Å²) in [6.45, 7) is 0. The van der Waals surface area contributed by atoms with Crippen LogP contribution in [0.3, 0.4) is 0 Å². The highest BCUT2D eigenvalue weighted by Gasteiger charge is 2.31. The van der Waals surface area contributed by atoms with Gasteiger partial charge in [0.2, 0.25) is 0 Å². The normalized spacial score (nSPS) is 11.1. The van der Waals surface area contributed by atoms with Gasteiger partial charge in [-0.3, -0.25) is 13.8 Å². The van der Waals surface area contributed by atoms with Crippen molar-refractivity contribution in [1.29, 1.82) is 0 Å². The van der Waals surface area contributed by atoms with Crippen LogP contribution in [0.25, 0.3) is 33.8 Å². The molecule has 0 fully saturated rings. The van der Waals surface area contributed by atoms with Crippen LogP contribution < -0.4 is 0 Å². The molecule has 0 aliphatic heterocycles. The monoisotopic (exact) mass is 674 g/mol. The van der Waals surface area contributed by atoms with Gasteiger partial charge < -0.3 is 0 Å². The zero-order chi connectivity index (χ0) is 25.4. The Kier molecular flexibility index (Phi) is 6.71. The molecule has 6 aromatic rings. The Balaban J connectivity index is 1.51. The number of nitrogens with zero attached hydrogens (tertiary/aromatic N) is 6. The Labute approximate surface area is 239 Å². The van der Waals surface area contributed by atoms with Crippen LogP contribution in [0.2, 0.25) is 0 Å². The molecular weight excluding hydrogens is 659 g/mol. The van der Waals surface area contributed by atoms with Crippen molar-refractivity contribution in [1.82, 2.24) is 29.1 Å². The first-order valence-corrected chi connectivity index (χ1v) is 13.9. The number of aromatic nitrogens is 6. The first-order chi connectivity index (χ1) is 18.1. The van der Waals surface area contributed by atoms with Crippen molar-refractivity contribution in [3.05, 3.63) is 123 Å². The Morgan fingerprint density at radius 1 is 0.432 bits per heavy atom. The molecular formula is C27H18BBr3N6. The van der Waals surface area contributed by atoms with E-state index in [2.05, 4.69) is 47.8 Å². The van der Waals surface area contributed by atoms with Gasteiger partial charge in [-0.1, -0.05) is 91.0 Å². The predicted octanol–water partition coefficient (Wildman–Crippen LogP) is 7.49. The van der Waals surface area contributed by atoms with Crippen LogP contribution in [0, 0.1) is 0 Å². The van der Waals surface area contributed by atoms with E-state index in [1.54, 1.807) is 0 Å². The summed E-state index contributed by atoms with van der Waals surface area (Å²) >= 11 is 11.2. The van der Waals surface area contributed by atoms with Crippen LogP contribution in [-0.4, -0.2) is 36.2 Å². The molecule has 0 unspecified atom stereocenters. The van der Waals surface area contributed by atoms with Gasteiger partial charge in [-0.25, -0.2) is 0 Å². The summed E-state index contributed by atoms with van der Waals surface area (Å²) in [5.41, 5.74) is 5.58. The molecule has 3 heterocycles. The van der Waals surface area contributed by atoms with Crippen LogP contribution in [0.4, 0.5) is 0 Å². The maximum Gasteiger partial charge on any atom is 0.568 e. The molecule has 0 bridgehead atoms. The van der Waals surface area contributed by atoms with E-state index in [1.165, 1.54) is 0 Å². The molecule has 0 N–H and O–H groups in total. The molecule has 0 radical (unpaired) electrons. The van der Waals surface area contributed by atoms with Crippen molar-refractivity contribution in [3.8, 4) is 33.8 Å². The molecule has 0 amide bonds. The topological polar surface area (TPSA) is 53.5 Å².